The molecule has 0 bridgehead atoms. The molecule has 12 heavy (non-hydrogen) atoms. The molecule has 0 radical (unpaired) electrons. The quantitative estimate of drug-likeness (QED) is 0.707. The molecule has 2 nitrogen and oxygen atoms in total. The first kappa shape index (κ1) is 9.19. The molecule has 0 aromatic heterocycles. The van der Waals surface area contributed by atoms with Crippen LogP contribution in [0.5, 0.6) is 0 Å². The van der Waals surface area contributed by atoms with Crippen molar-refractivity contribution in [3.8, 4) is 0 Å². The summed E-state index contributed by atoms with van der Waals surface area (Å²) in [5, 5.41) is 0. The second kappa shape index (κ2) is 3.23. The van der Waals surface area contributed by atoms with E-state index in [1.807, 2.05) is 0 Å². The highest BCUT2D eigenvalue weighted by molar-refractivity contribution is 7.91. The van der Waals surface area contributed by atoms with Gasteiger partial charge in [0.15, 0.2) is 6.01 Å². The number of hydrogen-bond acceptors (Lipinski definition) is 2. The summed E-state index contributed by atoms with van der Waals surface area (Å²) in [7, 11) is -3.69. The van der Waals surface area contributed by atoms with Crippen molar-refractivity contribution in [1.82, 2.24) is 0 Å². The Morgan fingerprint density at radius 1 is 1.42 bits per heavy atom. The third-order valence-corrected chi connectivity index (χ3v) is 2.75. The van der Waals surface area contributed by atoms with Gasteiger partial charge in [0.1, 0.15) is 0 Å². The molecule has 0 atom stereocenters. The molecular weight excluding hydrogens is 179 g/mol. The van der Waals surface area contributed by atoms with Crippen LogP contribution in [0.1, 0.15) is 5.56 Å². The topological polar surface area (TPSA) is 34.1 Å². The van der Waals surface area contributed by atoms with Gasteiger partial charge in [-0.2, -0.15) is 0 Å². The van der Waals surface area contributed by atoms with E-state index in [9.17, 15) is 12.8 Å². The van der Waals surface area contributed by atoms with Gasteiger partial charge in [0.25, 0.3) is 0 Å². The molecule has 4 heteroatoms. The van der Waals surface area contributed by atoms with E-state index in [1.165, 1.54) is 12.1 Å². The summed E-state index contributed by atoms with van der Waals surface area (Å²) < 4.78 is 34.0. The van der Waals surface area contributed by atoms with Gasteiger partial charge in [0.2, 0.25) is 9.84 Å². The Morgan fingerprint density at radius 3 is 2.58 bits per heavy atom. The van der Waals surface area contributed by atoms with Gasteiger partial charge >= 0.3 is 0 Å². The van der Waals surface area contributed by atoms with E-state index < -0.39 is 15.8 Å². The first-order chi connectivity index (χ1) is 5.56. The van der Waals surface area contributed by atoms with Crippen LogP contribution < -0.4 is 0 Å². The van der Waals surface area contributed by atoms with Crippen molar-refractivity contribution < 1.29 is 12.8 Å². The molecule has 0 aliphatic rings. The molecule has 0 fully saturated rings. The van der Waals surface area contributed by atoms with Gasteiger partial charge in [-0.1, -0.05) is 12.1 Å². The van der Waals surface area contributed by atoms with Crippen LogP contribution in [0.15, 0.2) is 29.2 Å². The summed E-state index contributed by atoms with van der Waals surface area (Å²) in [6.45, 7) is 1.76. The summed E-state index contributed by atoms with van der Waals surface area (Å²) in [6, 6.07) is 4.86. The zero-order chi connectivity index (χ0) is 9.19. The number of aryl methyl sites for hydroxylation is 1. The number of hydrogen-bond donors (Lipinski definition) is 0. The third kappa shape index (κ3) is 1.82. The van der Waals surface area contributed by atoms with E-state index in [2.05, 4.69) is 0 Å². The lowest BCUT2D eigenvalue weighted by molar-refractivity contribution is 0.534. The summed E-state index contributed by atoms with van der Waals surface area (Å²) in [6.07, 6.45) is 0. The van der Waals surface area contributed by atoms with Crippen LogP contribution in [0.2, 0.25) is 0 Å². The molecule has 1 rings (SSSR count). The average Bonchev–Trinajstić information content (AvgIpc) is 2.05. The maximum Gasteiger partial charge on any atom is 0.207 e. The predicted octanol–water partition coefficient (Wildman–Crippen LogP) is 1.70. The van der Waals surface area contributed by atoms with Gasteiger partial charge in [0.05, 0.1) is 4.90 Å². The lowest BCUT2D eigenvalue weighted by Gasteiger charge is -1.99. The molecule has 0 aliphatic carbocycles. The van der Waals surface area contributed by atoms with Gasteiger partial charge in [-0.25, -0.2) is 12.8 Å². The average molecular weight is 188 g/mol. The molecular formula is C8H9FO2S. The summed E-state index contributed by atoms with van der Waals surface area (Å²) in [5.41, 5.74) is 0.810. The van der Waals surface area contributed by atoms with Gasteiger partial charge in [-0.3, -0.25) is 0 Å². The third-order valence-electron chi connectivity index (χ3n) is 1.49. The molecule has 66 valence electrons. The van der Waals surface area contributed by atoms with Gasteiger partial charge < -0.3 is 0 Å². The molecule has 1 aromatic rings. The molecule has 0 amide bonds. The maximum absolute atomic E-state index is 12.0. The molecule has 0 N–H and O–H groups in total. The molecule has 1 aromatic carbocycles. The van der Waals surface area contributed by atoms with Crippen LogP contribution in [0.4, 0.5) is 4.39 Å². The Labute approximate surface area is 71.0 Å². The maximum atomic E-state index is 12.0. The second-order valence-electron chi connectivity index (χ2n) is 2.54. The van der Waals surface area contributed by atoms with Crippen molar-refractivity contribution in [2.24, 2.45) is 0 Å². The fourth-order valence-electron chi connectivity index (χ4n) is 0.872. The zero-order valence-corrected chi connectivity index (χ0v) is 7.44. The van der Waals surface area contributed by atoms with Crippen LogP contribution in [-0.4, -0.2) is 14.4 Å². The molecule has 0 saturated heterocycles. The van der Waals surface area contributed by atoms with Crippen molar-refractivity contribution in [3.05, 3.63) is 29.8 Å². The first-order valence-corrected chi connectivity index (χ1v) is 5.07. The van der Waals surface area contributed by atoms with Crippen molar-refractivity contribution in [2.75, 3.05) is 6.01 Å². The van der Waals surface area contributed by atoms with E-state index in [0.29, 0.717) is 0 Å². The smallest absolute Gasteiger partial charge is 0.207 e. The van der Waals surface area contributed by atoms with Crippen molar-refractivity contribution >= 4 is 9.84 Å². The van der Waals surface area contributed by atoms with Crippen molar-refractivity contribution in [2.45, 2.75) is 11.8 Å². The van der Waals surface area contributed by atoms with Crippen LogP contribution in [0.25, 0.3) is 0 Å². The van der Waals surface area contributed by atoms with Crippen molar-refractivity contribution in [1.29, 1.82) is 0 Å². The lowest BCUT2D eigenvalue weighted by Crippen LogP contribution is -2.02. The Hall–Kier alpha value is -0.900. The summed E-state index contributed by atoms with van der Waals surface area (Å²) in [5.74, 6) is 0. The minimum absolute atomic E-state index is 0.0463. The zero-order valence-electron chi connectivity index (χ0n) is 6.62. The van der Waals surface area contributed by atoms with Gasteiger partial charge in [0, 0.05) is 0 Å². The Kier molecular flexibility index (Phi) is 2.47. The minimum atomic E-state index is -3.69. The van der Waals surface area contributed by atoms with Crippen LogP contribution >= 0.6 is 0 Å². The number of benzene rings is 1. The monoisotopic (exact) mass is 188 g/mol. The largest absolute Gasteiger partial charge is 0.233 e. The van der Waals surface area contributed by atoms with Gasteiger partial charge in [-0.15, -0.1) is 0 Å². The number of alkyl halides is 1. The van der Waals surface area contributed by atoms with Crippen LogP contribution in [0, 0.1) is 6.92 Å². The highest BCUT2D eigenvalue weighted by Gasteiger charge is 2.12. The Balaban J connectivity index is 3.21. The van der Waals surface area contributed by atoms with E-state index >= 15 is 0 Å². The highest BCUT2D eigenvalue weighted by atomic mass is 32.2. The second-order valence-corrected chi connectivity index (χ2v) is 4.46. The van der Waals surface area contributed by atoms with E-state index in [0.717, 1.165) is 5.56 Å². The molecule has 0 spiro atoms. The van der Waals surface area contributed by atoms with Crippen LogP contribution in [0.3, 0.4) is 0 Å². The Morgan fingerprint density at radius 2 is 2.08 bits per heavy atom. The molecule has 0 unspecified atom stereocenters. The summed E-state index contributed by atoms with van der Waals surface area (Å²) in [4.78, 5) is 0.0463. The Bertz CT molecular complexity index is 370. The van der Waals surface area contributed by atoms with Gasteiger partial charge in [-0.05, 0) is 24.6 Å². The normalized spacial score (nSPS) is 11.5. The predicted molar refractivity (Wildman–Crippen MR) is 44.3 cm³/mol. The van der Waals surface area contributed by atoms with E-state index in [-0.39, 0.29) is 4.90 Å². The lowest BCUT2D eigenvalue weighted by atomic mass is 10.2. The fourth-order valence-corrected chi connectivity index (χ4v) is 1.65. The molecule has 0 heterocycles. The number of rotatable bonds is 2. The van der Waals surface area contributed by atoms with E-state index in [1.54, 1.807) is 19.1 Å². The van der Waals surface area contributed by atoms with Crippen LogP contribution in [-0.2, 0) is 9.84 Å². The molecule has 0 aliphatic heterocycles. The highest BCUT2D eigenvalue weighted by Crippen LogP contribution is 2.12. The first-order valence-electron chi connectivity index (χ1n) is 3.41. The number of sulfone groups is 1. The summed E-state index contributed by atoms with van der Waals surface area (Å²) >= 11 is 0. The number of halogens is 1. The fraction of sp³-hybridized carbons (Fsp3) is 0.250. The van der Waals surface area contributed by atoms with Crippen molar-refractivity contribution in [3.63, 3.8) is 0 Å². The van der Waals surface area contributed by atoms with E-state index in [4.69, 9.17) is 0 Å². The molecule has 0 saturated carbocycles. The minimum Gasteiger partial charge on any atom is -0.233 e. The standard InChI is InChI=1S/C8H9FO2S/c1-7-3-2-4-8(5-7)12(10,11)6-9/h2-5H,6H2,1H3. The SMILES string of the molecule is Cc1cccc(S(=O)(=O)CF)c1.